The molecule has 3 N–H and O–H groups in total. The number of pyridine rings is 1. The SMILES string of the molecule is C=C(NCc1ccc(C)cn1)c1csc(CCNCc2nc3ccccc3[nH]2)n1. The van der Waals surface area contributed by atoms with Gasteiger partial charge in [-0.05, 0) is 30.7 Å². The number of nitrogens with zero attached hydrogens (tertiary/aromatic N) is 3. The number of H-pyrrole nitrogens is 1. The van der Waals surface area contributed by atoms with Gasteiger partial charge in [0.15, 0.2) is 0 Å². The number of thiazole rings is 1. The highest BCUT2D eigenvalue weighted by Gasteiger charge is 2.07. The van der Waals surface area contributed by atoms with Crippen LogP contribution in [0, 0.1) is 6.92 Å². The lowest BCUT2D eigenvalue weighted by molar-refractivity contribution is 0.665. The first kappa shape index (κ1) is 19.3. The number of imidazole rings is 1. The van der Waals surface area contributed by atoms with Crippen molar-refractivity contribution in [3.63, 3.8) is 0 Å². The molecule has 0 aliphatic carbocycles. The Morgan fingerprint density at radius 3 is 2.86 bits per heavy atom. The average molecular weight is 405 g/mol. The number of aryl methyl sites for hydroxylation is 1. The lowest BCUT2D eigenvalue weighted by atomic mass is 10.2. The van der Waals surface area contributed by atoms with Gasteiger partial charge >= 0.3 is 0 Å². The van der Waals surface area contributed by atoms with E-state index < -0.39 is 0 Å². The van der Waals surface area contributed by atoms with Crippen molar-refractivity contribution in [1.82, 2.24) is 30.6 Å². The van der Waals surface area contributed by atoms with E-state index in [1.807, 2.05) is 48.8 Å². The van der Waals surface area contributed by atoms with Crippen LogP contribution in [0.2, 0.25) is 0 Å². The van der Waals surface area contributed by atoms with Gasteiger partial charge < -0.3 is 15.6 Å². The molecule has 148 valence electrons. The fourth-order valence-electron chi connectivity index (χ4n) is 2.95. The maximum atomic E-state index is 4.69. The Morgan fingerprint density at radius 1 is 1.14 bits per heavy atom. The van der Waals surface area contributed by atoms with E-state index in [-0.39, 0.29) is 0 Å². The Morgan fingerprint density at radius 2 is 2.03 bits per heavy atom. The van der Waals surface area contributed by atoms with E-state index >= 15 is 0 Å². The van der Waals surface area contributed by atoms with Gasteiger partial charge in [-0.1, -0.05) is 24.8 Å². The summed E-state index contributed by atoms with van der Waals surface area (Å²) in [5.41, 5.74) is 5.94. The van der Waals surface area contributed by atoms with Gasteiger partial charge in [0.2, 0.25) is 0 Å². The molecule has 0 unspecified atom stereocenters. The Hall–Kier alpha value is -3.03. The molecule has 0 atom stereocenters. The van der Waals surface area contributed by atoms with Crippen molar-refractivity contribution in [2.45, 2.75) is 26.4 Å². The van der Waals surface area contributed by atoms with Gasteiger partial charge in [-0.15, -0.1) is 11.3 Å². The molecule has 0 bridgehead atoms. The third kappa shape index (κ3) is 5.07. The molecule has 7 heteroatoms. The predicted octanol–water partition coefficient (Wildman–Crippen LogP) is 3.82. The minimum Gasteiger partial charge on any atom is -0.378 e. The fraction of sp³-hybridized carbons (Fsp3) is 0.227. The van der Waals surface area contributed by atoms with E-state index in [4.69, 9.17) is 0 Å². The Balaban J connectivity index is 1.22. The van der Waals surface area contributed by atoms with Gasteiger partial charge in [0.25, 0.3) is 0 Å². The molecule has 0 radical (unpaired) electrons. The van der Waals surface area contributed by atoms with Gasteiger partial charge in [-0.25, -0.2) is 9.97 Å². The molecule has 4 aromatic rings. The summed E-state index contributed by atoms with van der Waals surface area (Å²) in [6.45, 7) is 8.34. The lowest BCUT2D eigenvalue weighted by Crippen LogP contribution is -2.17. The standard InChI is InChI=1S/C22H24N6S/c1-15-7-8-17(25-11-15)12-24-16(2)20-14-29-22(28-20)9-10-23-13-21-26-18-5-3-4-6-19(18)27-21/h3-8,11,14,23-24H,2,9-10,12-13H2,1H3,(H,26,27). The summed E-state index contributed by atoms with van der Waals surface area (Å²) in [6.07, 6.45) is 2.75. The van der Waals surface area contributed by atoms with E-state index in [9.17, 15) is 0 Å². The minimum absolute atomic E-state index is 0.644. The van der Waals surface area contributed by atoms with Crippen LogP contribution < -0.4 is 10.6 Å². The van der Waals surface area contributed by atoms with E-state index in [2.05, 4.69) is 43.2 Å². The maximum Gasteiger partial charge on any atom is 0.121 e. The summed E-state index contributed by atoms with van der Waals surface area (Å²) >= 11 is 1.66. The van der Waals surface area contributed by atoms with Crippen molar-refractivity contribution in [3.05, 3.63) is 82.3 Å². The maximum absolute atomic E-state index is 4.69. The van der Waals surface area contributed by atoms with Gasteiger partial charge in [0, 0.05) is 24.5 Å². The second-order valence-corrected chi connectivity index (χ2v) is 7.86. The highest BCUT2D eigenvalue weighted by Crippen LogP contribution is 2.16. The number of hydrogen-bond donors (Lipinski definition) is 3. The smallest absolute Gasteiger partial charge is 0.121 e. The summed E-state index contributed by atoms with van der Waals surface area (Å²) in [5.74, 6) is 0.952. The van der Waals surface area contributed by atoms with E-state index in [0.29, 0.717) is 13.1 Å². The van der Waals surface area contributed by atoms with Crippen molar-refractivity contribution in [1.29, 1.82) is 0 Å². The van der Waals surface area contributed by atoms with Crippen molar-refractivity contribution >= 4 is 28.1 Å². The molecule has 3 aromatic heterocycles. The van der Waals surface area contributed by atoms with Crippen LogP contribution in [-0.2, 0) is 19.5 Å². The molecule has 0 amide bonds. The summed E-state index contributed by atoms with van der Waals surface area (Å²) < 4.78 is 0. The molecule has 1 aromatic carbocycles. The molecule has 0 fully saturated rings. The second kappa shape index (κ2) is 8.98. The van der Waals surface area contributed by atoms with Crippen molar-refractivity contribution in [2.75, 3.05) is 6.54 Å². The summed E-state index contributed by atoms with van der Waals surface area (Å²) in [7, 11) is 0. The molecule has 0 aliphatic rings. The van der Waals surface area contributed by atoms with Crippen LogP contribution in [0.1, 0.15) is 27.8 Å². The second-order valence-electron chi connectivity index (χ2n) is 6.91. The molecule has 3 heterocycles. The number of aromatic amines is 1. The van der Waals surface area contributed by atoms with E-state index in [0.717, 1.165) is 57.5 Å². The monoisotopic (exact) mass is 404 g/mol. The van der Waals surface area contributed by atoms with Gasteiger partial charge in [0.1, 0.15) is 5.82 Å². The van der Waals surface area contributed by atoms with Crippen molar-refractivity contribution in [2.24, 2.45) is 0 Å². The third-order valence-corrected chi connectivity index (χ3v) is 5.47. The normalized spacial score (nSPS) is 11.1. The van der Waals surface area contributed by atoms with Crippen LogP contribution in [0.4, 0.5) is 0 Å². The van der Waals surface area contributed by atoms with Crippen LogP contribution >= 0.6 is 11.3 Å². The van der Waals surface area contributed by atoms with Crippen LogP contribution in [0.3, 0.4) is 0 Å². The number of aromatic nitrogens is 4. The molecular weight excluding hydrogens is 380 g/mol. The first-order valence-electron chi connectivity index (χ1n) is 9.61. The molecule has 6 nitrogen and oxygen atoms in total. The molecular formula is C22H24N6S. The highest BCUT2D eigenvalue weighted by atomic mass is 32.1. The topological polar surface area (TPSA) is 78.5 Å². The van der Waals surface area contributed by atoms with Crippen molar-refractivity contribution < 1.29 is 0 Å². The molecule has 0 aliphatic heterocycles. The largest absolute Gasteiger partial charge is 0.378 e. The molecule has 0 saturated heterocycles. The first-order valence-corrected chi connectivity index (χ1v) is 10.5. The van der Waals surface area contributed by atoms with Crippen LogP contribution in [0.25, 0.3) is 16.7 Å². The van der Waals surface area contributed by atoms with Gasteiger partial charge in [0.05, 0.1) is 46.2 Å². The quantitative estimate of drug-likeness (QED) is 0.370. The van der Waals surface area contributed by atoms with Crippen LogP contribution in [0.15, 0.2) is 54.6 Å². The Bertz CT molecular complexity index is 1060. The summed E-state index contributed by atoms with van der Waals surface area (Å²) in [6, 6.07) is 12.2. The third-order valence-electron chi connectivity index (χ3n) is 4.56. The zero-order valence-corrected chi connectivity index (χ0v) is 17.2. The number of fused-ring (bicyclic) bond motifs is 1. The number of rotatable bonds is 9. The molecule has 29 heavy (non-hydrogen) atoms. The molecule has 0 spiro atoms. The van der Waals surface area contributed by atoms with Gasteiger partial charge in [-0.2, -0.15) is 0 Å². The summed E-state index contributed by atoms with van der Waals surface area (Å²) in [4.78, 5) is 17.0. The predicted molar refractivity (Wildman–Crippen MR) is 118 cm³/mol. The van der Waals surface area contributed by atoms with Crippen molar-refractivity contribution in [3.8, 4) is 0 Å². The highest BCUT2D eigenvalue weighted by molar-refractivity contribution is 7.09. The molecule has 0 saturated carbocycles. The van der Waals surface area contributed by atoms with Crippen LogP contribution in [0.5, 0.6) is 0 Å². The average Bonchev–Trinajstić information content (AvgIpc) is 3.37. The zero-order chi connectivity index (χ0) is 20.1. The van der Waals surface area contributed by atoms with E-state index in [1.54, 1.807) is 11.3 Å². The number of hydrogen-bond acceptors (Lipinski definition) is 6. The minimum atomic E-state index is 0.644. The van der Waals surface area contributed by atoms with Gasteiger partial charge in [-0.3, -0.25) is 4.98 Å². The van der Waals surface area contributed by atoms with Crippen LogP contribution in [-0.4, -0.2) is 26.5 Å². The molecule has 4 rings (SSSR count). The fourth-order valence-corrected chi connectivity index (χ4v) is 3.76. The Labute approximate surface area is 174 Å². The van der Waals surface area contributed by atoms with E-state index in [1.165, 1.54) is 0 Å². The first-order chi connectivity index (χ1) is 14.2. The summed E-state index contributed by atoms with van der Waals surface area (Å²) in [5, 5.41) is 9.88. The zero-order valence-electron chi connectivity index (χ0n) is 16.4. The number of nitrogens with one attached hydrogen (secondary N) is 3. The lowest BCUT2D eigenvalue weighted by Gasteiger charge is -2.07. The Kier molecular flexibility index (Phi) is 5.97. The number of benzene rings is 1. The number of para-hydroxylation sites is 2.